The van der Waals surface area contributed by atoms with E-state index in [1.807, 2.05) is 18.2 Å². The van der Waals surface area contributed by atoms with Crippen LogP contribution in [0.25, 0.3) is 0 Å². The summed E-state index contributed by atoms with van der Waals surface area (Å²) >= 11 is 0. The highest BCUT2D eigenvalue weighted by atomic mass is 19.1. The highest BCUT2D eigenvalue weighted by molar-refractivity contribution is 5.45. The van der Waals surface area contributed by atoms with Gasteiger partial charge in [-0.25, -0.2) is 4.39 Å². The summed E-state index contributed by atoms with van der Waals surface area (Å²) in [6.45, 7) is 2.48. The Morgan fingerprint density at radius 2 is 1.95 bits per heavy atom. The molecule has 0 saturated heterocycles. The first kappa shape index (κ1) is 12.2. The monoisotopic (exact) mass is 256 g/mol. The standard InChI is InChI=1S/C16H17FN2/c17-16-4-2-1-3-14(16)11-19-8-7-12-9-15(18)6-5-13(12)10-19/h1-6,9H,7-8,10-11,18H2. The Kier molecular flexibility index (Phi) is 3.22. The molecule has 0 aromatic heterocycles. The van der Waals surface area contributed by atoms with Gasteiger partial charge in [0.15, 0.2) is 0 Å². The molecule has 0 bridgehead atoms. The Labute approximate surface area is 112 Å². The first-order chi connectivity index (χ1) is 9.22. The number of hydrogen-bond acceptors (Lipinski definition) is 2. The Balaban J connectivity index is 1.76. The summed E-state index contributed by atoms with van der Waals surface area (Å²) in [4.78, 5) is 2.27. The number of nitrogen functional groups attached to an aromatic ring is 1. The van der Waals surface area contributed by atoms with Gasteiger partial charge in [0.2, 0.25) is 0 Å². The molecule has 19 heavy (non-hydrogen) atoms. The summed E-state index contributed by atoms with van der Waals surface area (Å²) in [6, 6.07) is 13.1. The number of anilines is 1. The average Bonchev–Trinajstić information content (AvgIpc) is 2.41. The van der Waals surface area contributed by atoms with Crippen molar-refractivity contribution < 1.29 is 4.39 Å². The SMILES string of the molecule is Nc1ccc2c(c1)CCN(Cc1ccccc1F)C2. The summed E-state index contributed by atoms with van der Waals surface area (Å²) in [5.74, 6) is -0.120. The molecular formula is C16H17FN2. The van der Waals surface area contributed by atoms with Crippen LogP contribution in [0.15, 0.2) is 42.5 Å². The summed E-state index contributed by atoms with van der Waals surface area (Å²) < 4.78 is 13.7. The zero-order valence-electron chi connectivity index (χ0n) is 10.8. The minimum absolute atomic E-state index is 0.120. The van der Waals surface area contributed by atoms with Gasteiger partial charge in [0.05, 0.1) is 0 Å². The number of rotatable bonds is 2. The van der Waals surface area contributed by atoms with Crippen molar-refractivity contribution in [2.45, 2.75) is 19.5 Å². The van der Waals surface area contributed by atoms with Crippen LogP contribution in [0.1, 0.15) is 16.7 Å². The molecule has 0 amide bonds. The third kappa shape index (κ3) is 2.61. The van der Waals surface area contributed by atoms with Crippen molar-refractivity contribution in [2.75, 3.05) is 12.3 Å². The van der Waals surface area contributed by atoms with Gasteiger partial charge in [-0.3, -0.25) is 4.90 Å². The lowest BCUT2D eigenvalue weighted by molar-refractivity contribution is 0.242. The zero-order chi connectivity index (χ0) is 13.2. The second kappa shape index (κ2) is 5.02. The Morgan fingerprint density at radius 1 is 1.11 bits per heavy atom. The van der Waals surface area contributed by atoms with E-state index in [2.05, 4.69) is 17.0 Å². The van der Waals surface area contributed by atoms with E-state index < -0.39 is 0 Å². The molecule has 3 rings (SSSR count). The molecule has 2 aromatic rings. The third-order valence-electron chi connectivity index (χ3n) is 3.67. The van der Waals surface area contributed by atoms with Crippen LogP contribution in [0.4, 0.5) is 10.1 Å². The predicted molar refractivity (Wildman–Crippen MR) is 75.1 cm³/mol. The van der Waals surface area contributed by atoms with Gasteiger partial charge in [0, 0.05) is 30.9 Å². The summed E-state index contributed by atoms with van der Waals surface area (Å²) in [6.07, 6.45) is 0.981. The van der Waals surface area contributed by atoms with E-state index in [-0.39, 0.29) is 5.82 Å². The third-order valence-corrected chi connectivity index (χ3v) is 3.67. The van der Waals surface area contributed by atoms with Gasteiger partial charge in [-0.2, -0.15) is 0 Å². The van der Waals surface area contributed by atoms with Gasteiger partial charge in [0.1, 0.15) is 5.82 Å². The topological polar surface area (TPSA) is 29.3 Å². The van der Waals surface area contributed by atoms with Gasteiger partial charge in [-0.05, 0) is 35.7 Å². The van der Waals surface area contributed by atoms with Gasteiger partial charge in [-0.15, -0.1) is 0 Å². The normalized spacial score (nSPS) is 15.2. The van der Waals surface area contributed by atoms with Gasteiger partial charge in [-0.1, -0.05) is 24.3 Å². The summed E-state index contributed by atoms with van der Waals surface area (Å²) in [5.41, 5.74) is 10.0. The van der Waals surface area contributed by atoms with E-state index in [9.17, 15) is 4.39 Å². The van der Waals surface area contributed by atoms with Crippen molar-refractivity contribution in [2.24, 2.45) is 0 Å². The lowest BCUT2D eigenvalue weighted by Crippen LogP contribution is -2.30. The molecule has 98 valence electrons. The van der Waals surface area contributed by atoms with Gasteiger partial charge in [0.25, 0.3) is 0 Å². The maximum absolute atomic E-state index is 13.7. The molecule has 1 heterocycles. The minimum Gasteiger partial charge on any atom is -0.399 e. The van der Waals surface area contributed by atoms with E-state index in [1.54, 1.807) is 6.07 Å². The molecule has 0 fully saturated rings. The van der Waals surface area contributed by atoms with Crippen molar-refractivity contribution in [3.8, 4) is 0 Å². The molecule has 1 aliphatic rings. The van der Waals surface area contributed by atoms with E-state index in [1.165, 1.54) is 17.2 Å². The van der Waals surface area contributed by atoms with Crippen LogP contribution in [-0.4, -0.2) is 11.4 Å². The Bertz CT molecular complexity index is 595. The smallest absolute Gasteiger partial charge is 0.127 e. The van der Waals surface area contributed by atoms with E-state index in [4.69, 9.17) is 5.73 Å². The molecule has 1 aliphatic heterocycles. The van der Waals surface area contributed by atoms with Crippen molar-refractivity contribution in [3.63, 3.8) is 0 Å². The number of benzene rings is 2. The van der Waals surface area contributed by atoms with Crippen molar-refractivity contribution in [1.29, 1.82) is 0 Å². The van der Waals surface area contributed by atoms with E-state index in [0.29, 0.717) is 6.54 Å². The van der Waals surface area contributed by atoms with Crippen LogP contribution >= 0.6 is 0 Å². The molecule has 0 spiro atoms. The first-order valence-electron chi connectivity index (χ1n) is 6.55. The molecule has 0 radical (unpaired) electrons. The largest absolute Gasteiger partial charge is 0.399 e. The maximum atomic E-state index is 13.7. The van der Waals surface area contributed by atoms with E-state index >= 15 is 0 Å². The fraction of sp³-hybridized carbons (Fsp3) is 0.250. The number of halogens is 1. The summed E-state index contributed by atoms with van der Waals surface area (Å²) in [7, 11) is 0. The Morgan fingerprint density at radius 3 is 2.79 bits per heavy atom. The highest BCUT2D eigenvalue weighted by Crippen LogP contribution is 2.23. The quantitative estimate of drug-likeness (QED) is 0.837. The molecule has 0 atom stereocenters. The molecule has 0 aliphatic carbocycles. The lowest BCUT2D eigenvalue weighted by atomic mass is 9.98. The van der Waals surface area contributed by atoms with Crippen LogP contribution in [0.3, 0.4) is 0 Å². The second-order valence-corrected chi connectivity index (χ2v) is 5.08. The number of nitrogens with zero attached hydrogens (tertiary/aromatic N) is 1. The van der Waals surface area contributed by atoms with Crippen LogP contribution in [0.2, 0.25) is 0 Å². The highest BCUT2D eigenvalue weighted by Gasteiger charge is 2.17. The number of hydrogen-bond donors (Lipinski definition) is 1. The maximum Gasteiger partial charge on any atom is 0.127 e. The van der Waals surface area contributed by atoms with Crippen molar-refractivity contribution in [3.05, 3.63) is 65.0 Å². The molecule has 2 aromatic carbocycles. The molecular weight excluding hydrogens is 239 g/mol. The van der Waals surface area contributed by atoms with Crippen LogP contribution < -0.4 is 5.73 Å². The number of fused-ring (bicyclic) bond motifs is 1. The molecule has 0 saturated carbocycles. The second-order valence-electron chi connectivity index (χ2n) is 5.08. The average molecular weight is 256 g/mol. The van der Waals surface area contributed by atoms with Crippen LogP contribution in [-0.2, 0) is 19.5 Å². The fourth-order valence-electron chi connectivity index (χ4n) is 2.63. The lowest BCUT2D eigenvalue weighted by Gasteiger charge is -2.29. The minimum atomic E-state index is -0.120. The van der Waals surface area contributed by atoms with Crippen LogP contribution in [0.5, 0.6) is 0 Å². The number of nitrogens with two attached hydrogens (primary N) is 1. The van der Waals surface area contributed by atoms with Crippen LogP contribution in [0, 0.1) is 5.82 Å². The first-order valence-corrected chi connectivity index (χ1v) is 6.55. The molecule has 3 heteroatoms. The van der Waals surface area contributed by atoms with Gasteiger partial charge < -0.3 is 5.73 Å². The van der Waals surface area contributed by atoms with Gasteiger partial charge >= 0.3 is 0 Å². The molecule has 2 nitrogen and oxygen atoms in total. The summed E-state index contributed by atoms with van der Waals surface area (Å²) in [5, 5.41) is 0. The van der Waals surface area contributed by atoms with Crippen molar-refractivity contribution in [1.82, 2.24) is 4.90 Å². The molecule has 0 unspecified atom stereocenters. The Hall–Kier alpha value is -1.87. The van der Waals surface area contributed by atoms with Crippen molar-refractivity contribution >= 4 is 5.69 Å². The zero-order valence-corrected chi connectivity index (χ0v) is 10.8. The molecule has 2 N–H and O–H groups in total. The fourth-order valence-corrected chi connectivity index (χ4v) is 2.63. The van der Waals surface area contributed by atoms with E-state index in [0.717, 1.165) is 30.8 Å². The predicted octanol–water partition coefficient (Wildman–Crippen LogP) is 2.97.